The first-order valence-electron chi connectivity index (χ1n) is 6.98. The van der Waals surface area contributed by atoms with E-state index in [1.165, 1.54) is 0 Å². The summed E-state index contributed by atoms with van der Waals surface area (Å²) in [5, 5.41) is 2.88. The van der Waals surface area contributed by atoms with E-state index in [9.17, 15) is 4.79 Å². The average Bonchev–Trinajstić information content (AvgIpc) is 2.56. The van der Waals surface area contributed by atoms with E-state index in [0.29, 0.717) is 23.6 Å². The molecule has 0 atom stereocenters. The third-order valence-electron chi connectivity index (χ3n) is 3.29. The van der Waals surface area contributed by atoms with Gasteiger partial charge in [0, 0.05) is 23.9 Å². The molecule has 1 amide bonds. The van der Waals surface area contributed by atoms with Gasteiger partial charge in [-0.05, 0) is 36.2 Å². The van der Waals surface area contributed by atoms with E-state index in [0.717, 1.165) is 17.7 Å². The van der Waals surface area contributed by atoms with Crippen LogP contribution in [0.1, 0.15) is 15.9 Å². The van der Waals surface area contributed by atoms with Crippen LogP contribution in [0.4, 0.5) is 5.69 Å². The molecule has 0 unspecified atom stereocenters. The second-order valence-corrected chi connectivity index (χ2v) is 4.85. The molecule has 3 N–H and O–H groups in total. The van der Waals surface area contributed by atoms with Crippen molar-refractivity contribution in [2.45, 2.75) is 6.42 Å². The van der Waals surface area contributed by atoms with Crippen LogP contribution in [-0.4, -0.2) is 26.7 Å². The zero-order valence-corrected chi connectivity index (χ0v) is 12.8. The molecule has 0 spiro atoms. The summed E-state index contributed by atoms with van der Waals surface area (Å²) in [6.45, 7) is 0.544. The second-order valence-electron chi connectivity index (χ2n) is 4.85. The number of rotatable bonds is 6. The summed E-state index contributed by atoms with van der Waals surface area (Å²) < 4.78 is 10.3. The quantitative estimate of drug-likeness (QED) is 0.803. The third-order valence-corrected chi connectivity index (χ3v) is 3.29. The summed E-state index contributed by atoms with van der Waals surface area (Å²) in [6, 6.07) is 12.7. The molecule has 0 heterocycles. The zero-order valence-electron chi connectivity index (χ0n) is 12.8. The molecule has 0 bridgehead atoms. The highest BCUT2D eigenvalue weighted by atomic mass is 16.5. The lowest BCUT2D eigenvalue weighted by Crippen LogP contribution is -2.25. The fourth-order valence-electron chi connectivity index (χ4n) is 2.05. The Labute approximate surface area is 130 Å². The van der Waals surface area contributed by atoms with Gasteiger partial charge in [-0.2, -0.15) is 0 Å². The molecule has 0 aliphatic rings. The largest absolute Gasteiger partial charge is 0.497 e. The summed E-state index contributed by atoms with van der Waals surface area (Å²) in [4.78, 5) is 12.2. The fourth-order valence-corrected chi connectivity index (χ4v) is 2.05. The van der Waals surface area contributed by atoms with Crippen LogP contribution in [0.15, 0.2) is 42.5 Å². The van der Waals surface area contributed by atoms with Crippen molar-refractivity contribution >= 4 is 11.6 Å². The highest BCUT2D eigenvalue weighted by molar-refractivity contribution is 5.95. The van der Waals surface area contributed by atoms with E-state index in [4.69, 9.17) is 15.2 Å². The van der Waals surface area contributed by atoms with E-state index in [1.807, 2.05) is 24.3 Å². The highest BCUT2D eigenvalue weighted by Gasteiger charge is 2.09. The van der Waals surface area contributed by atoms with Crippen LogP contribution < -0.4 is 20.5 Å². The Bertz CT molecular complexity index is 617. The minimum atomic E-state index is -0.160. The molecule has 2 aromatic rings. The van der Waals surface area contributed by atoms with Crippen LogP contribution in [0.25, 0.3) is 0 Å². The van der Waals surface area contributed by atoms with Crippen molar-refractivity contribution in [1.29, 1.82) is 0 Å². The second kappa shape index (κ2) is 7.36. The standard InChI is InChI=1S/C17H20N2O3/c1-21-15-9-13(10-16(11-15)22-2)17(20)19-8-7-12-3-5-14(18)6-4-12/h3-6,9-11H,7-8,18H2,1-2H3,(H,19,20). The Balaban J connectivity index is 1.95. The van der Waals surface area contributed by atoms with Gasteiger partial charge in [-0.15, -0.1) is 0 Å². The molecule has 22 heavy (non-hydrogen) atoms. The first-order chi connectivity index (χ1) is 10.6. The summed E-state index contributed by atoms with van der Waals surface area (Å²) in [5.41, 5.74) is 8.00. The number of hydrogen-bond donors (Lipinski definition) is 2. The lowest BCUT2D eigenvalue weighted by molar-refractivity contribution is 0.0953. The maximum absolute atomic E-state index is 12.2. The minimum absolute atomic E-state index is 0.160. The van der Waals surface area contributed by atoms with Gasteiger partial charge in [0.1, 0.15) is 11.5 Å². The van der Waals surface area contributed by atoms with Gasteiger partial charge >= 0.3 is 0 Å². The van der Waals surface area contributed by atoms with Crippen LogP contribution in [0.2, 0.25) is 0 Å². The predicted octanol–water partition coefficient (Wildman–Crippen LogP) is 2.26. The van der Waals surface area contributed by atoms with Gasteiger partial charge < -0.3 is 20.5 Å². The molecule has 2 aromatic carbocycles. The molecule has 5 nitrogen and oxygen atoms in total. The zero-order chi connectivity index (χ0) is 15.9. The van der Waals surface area contributed by atoms with Crippen molar-refractivity contribution in [1.82, 2.24) is 5.32 Å². The third kappa shape index (κ3) is 4.15. The summed E-state index contributed by atoms with van der Waals surface area (Å²) >= 11 is 0. The molecule has 0 aliphatic carbocycles. The number of carbonyl (C=O) groups excluding carboxylic acids is 1. The number of benzene rings is 2. The van der Waals surface area contributed by atoms with Crippen molar-refractivity contribution in [3.63, 3.8) is 0 Å². The average molecular weight is 300 g/mol. The lowest BCUT2D eigenvalue weighted by Gasteiger charge is -2.09. The van der Waals surface area contributed by atoms with Gasteiger partial charge in [0.05, 0.1) is 14.2 Å². The van der Waals surface area contributed by atoms with Gasteiger partial charge in [-0.25, -0.2) is 0 Å². The number of ether oxygens (including phenoxy) is 2. The van der Waals surface area contributed by atoms with Gasteiger partial charge in [0.25, 0.3) is 5.91 Å². The lowest BCUT2D eigenvalue weighted by atomic mass is 10.1. The molecule has 0 radical (unpaired) electrons. The molecule has 0 aliphatic heterocycles. The van der Waals surface area contributed by atoms with E-state index in [1.54, 1.807) is 32.4 Å². The van der Waals surface area contributed by atoms with Crippen LogP contribution in [0, 0.1) is 0 Å². The molecule has 116 valence electrons. The predicted molar refractivity (Wildman–Crippen MR) is 86.4 cm³/mol. The van der Waals surface area contributed by atoms with Crippen LogP contribution in [0.3, 0.4) is 0 Å². The first kappa shape index (κ1) is 15.7. The normalized spacial score (nSPS) is 10.1. The molecular formula is C17H20N2O3. The Morgan fingerprint density at radius 2 is 1.64 bits per heavy atom. The number of nitrogens with one attached hydrogen (secondary N) is 1. The smallest absolute Gasteiger partial charge is 0.251 e. The number of amides is 1. The van der Waals surface area contributed by atoms with Crippen molar-refractivity contribution in [2.24, 2.45) is 0 Å². The number of nitrogen functional groups attached to an aromatic ring is 1. The van der Waals surface area contributed by atoms with Crippen molar-refractivity contribution in [2.75, 3.05) is 26.5 Å². The maximum Gasteiger partial charge on any atom is 0.251 e. The Morgan fingerprint density at radius 3 is 2.18 bits per heavy atom. The summed E-state index contributed by atoms with van der Waals surface area (Å²) in [5.74, 6) is 1.01. The van der Waals surface area contributed by atoms with Gasteiger partial charge in [0.2, 0.25) is 0 Å². The van der Waals surface area contributed by atoms with E-state index in [-0.39, 0.29) is 5.91 Å². The minimum Gasteiger partial charge on any atom is -0.497 e. The van der Waals surface area contributed by atoms with Gasteiger partial charge in [0.15, 0.2) is 0 Å². The molecule has 0 aromatic heterocycles. The SMILES string of the molecule is COc1cc(OC)cc(C(=O)NCCc2ccc(N)cc2)c1. The molecule has 0 saturated carbocycles. The summed E-state index contributed by atoms with van der Waals surface area (Å²) in [7, 11) is 3.11. The monoisotopic (exact) mass is 300 g/mol. The molecule has 2 rings (SSSR count). The van der Waals surface area contributed by atoms with E-state index >= 15 is 0 Å². The fraction of sp³-hybridized carbons (Fsp3) is 0.235. The van der Waals surface area contributed by atoms with Crippen LogP contribution in [0.5, 0.6) is 11.5 Å². The molecule has 0 fully saturated rings. The Hall–Kier alpha value is -2.69. The van der Waals surface area contributed by atoms with Crippen LogP contribution >= 0.6 is 0 Å². The molecule has 5 heteroatoms. The van der Waals surface area contributed by atoms with Crippen molar-refractivity contribution < 1.29 is 14.3 Å². The number of carbonyl (C=O) groups is 1. The summed E-state index contributed by atoms with van der Waals surface area (Å²) in [6.07, 6.45) is 0.743. The van der Waals surface area contributed by atoms with Gasteiger partial charge in [-0.1, -0.05) is 12.1 Å². The van der Waals surface area contributed by atoms with E-state index < -0.39 is 0 Å². The highest BCUT2D eigenvalue weighted by Crippen LogP contribution is 2.22. The van der Waals surface area contributed by atoms with E-state index in [2.05, 4.69) is 5.32 Å². The first-order valence-corrected chi connectivity index (χ1v) is 6.98. The number of nitrogens with two attached hydrogens (primary N) is 1. The topological polar surface area (TPSA) is 73.6 Å². The number of methoxy groups -OCH3 is 2. The van der Waals surface area contributed by atoms with Crippen LogP contribution in [-0.2, 0) is 6.42 Å². The Morgan fingerprint density at radius 1 is 1.05 bits per heavy atom. The molecular weight excluding hydrogens is 280 g/mol. The number of hydrogen-bond acceptors (Lipinski definition) is 4. The van der Waals surface area contributed by atoms with Gasteiger partial charge in [-0.3, -0.25) is 4.79 Å². The number of anilines is 1. The maximum atomic E-state index is 12.2. The van der Waals surface area contributed by atoms with Crippen molar-refractivity contribution in [3.8, 4) is 11.5 Å². The van der Waals surface area contributed by atoms with Crippen molar-refractivity contribution in [3.05, 3.63) is 53.6 Å². The Kier molecular flexibility index (Phi) is 5.25. The molecule has 0 saturated heterocycles.